The number of aliphatic hydroxyl groups is 1. The summed E-state index contributed by atoms with van der Waals surface area (Å²) in [5, 5.41) is 11.4. The summed E-state index contributed by atoms with van der Waals surface area (Å²) >= 11 is 0.891. The number of carbonyl (C=O) groups is 3. The summed E-state index contributed by atoms with van der Waals surface area (Å²) in [6.07, 6.45) is 0.829. The minimum atomic E-state index is -1.10. The normalized spacial score (nSPS) is 16.8. The first kappa shape index (κ1) is 26.0. The number of hydrogen-bond donors (Lipinski definition) is 1. The van der Waals surface area contributed by atoms with Gasteiger partial charge in [-0.2, -0.15) is 0 Å². The van der Waals surface area contributed by atoms with E-state index in [1.807, 2.05) is 6.92 Å². The summed E-state index contributed by atoms with van der Waals surface area (Å²) in [4.78, 5) is 44.4. The number of esters is 1. The van der Waals surface area contributed by atoms with Crippen molar-refractivity contribution in [3.05, 3.63) is 81.1 Å². The molecule has 1 unspecified atom stereocenters. The molecule has 10 heteroatoms. The van der Waals surface area contributed by atoms with E-state index in [9.17, 15) is 23.9 Å². The molecule has 1 amide bonds. The van der Waals surface area contributed by atoms with Crippen molar-refractivity contribution < 1.29 is 33.4 Å². The molecule has 2 heterocycles. The highest BCUT2D eigenvalue weighted by Gasteiger charge is 2.48. The first-order valence-corrected chi connectivity index (χ1v) is 12.4. The van der Waals surface area contributed by atoms with Gasteiger partial charge in [0.15, 0.2) is 5.13 Å². The Morgan fingerprint density at radius 1 is 1.16 bits per heavy atom. The van der Waals surface area contributed by atoms with Crippen LogP contribution < -0.4 is 9.64 Å². The number of ketones is 1. The molecule has 2 aromatic carbocycles. The molecule has 0 radical (unpaired) electrons. The number of benzene rings is 2. The lowest BCUT2D eigenvalue weighted by Gasteiger charge is -2.23. The zero-order chi connectivity index (χ0) is 26.9. The number of aromatic nitrogens is 1. The van der Waals surface area contributed by atoms with Crippen molar-refractivity contribution in [2.45, 2.75) is 33.2 Å². The fourth-order valence-electron chi connectivity index (χ4n) is 4.11. The predicted molar refractivity (Wildman–Crippen MR) is 136 cm³/mol. The van der Waals surface area contributed by atoms with Gasteiger partial charge in [-0.15, -0.1) is 0 Å². The molecule has 1 atom stereocenters. The summed E-state index contributed by atoms with van der Waals surface area (Å²) in [6, 6.07) is 9.19. The Balaban J connectivity index is 1.89. The summed E-state index contributed by atoms with van der Waals surface area (Å²) < 4.78 is 24.2. The van der Waals surface area contributed by atoms with Crippen LogP contribution in [-0.4, -0.2) is 41.5 Å². The van der Waals surface area contributed by atoms with Crippen molar-refractivity contribution in [1.29, 1.82) is 0 Å². The number of aryl methyl sites for hydroxylation is 2. The Bertz CT molecular complexity index is 1410. The molecule has 4 rings (SSSR count). The van der Waals surface area contributed by atoms with Gasteiger partial charge in [0.2, 0.25) is 0 Å². The fraction of sp³-hybridized carbons (Fsp3) is 0.259. The van der Waals surface area contributed by atoms with Crippen LogP contribution in [0, 0.1) is 19.7 Å². The second-order valence-corrected chi connectivity index (χ2v) is 9.43. The molecule has 37 heavy (non-hydrogen) atoms. The second kappa shape index (κ2) is 10.5. The lowest BCUT2D eigenvalue weighted by Crippen LogP contribution is -2.29. The number of hydrogen-bond acceptors (Lipinski definition) is 8. The Kier molecular flexibility index (Phi) is 7.40. The second-order valence-electron chi connectivity index (χ2n) is 8.45. The van der Waals surface area contributed by atoms with Gasteiger partial charge in [0.05, 0.1) is 31.0 Å². The smallest absolute Gasteiger partial charge is 0.350 e. The summed E-state index contributed by atoms with van der Waals surface area (Å²) in [6.45, 7) is 5.85. The maximum absolute atomic E-state index is 13.7. The van der Waals surface area contributed by atoms with Gasteiger partial charge in [-0.1, -0.05) is 30.4 Å². The maximum atomic E-state index is 13.7. The van der Waals surface area contributed by atoms with Gasteiger partial charge in [-0.25, -0.2) is 14.2 Å². The highest BCUT2D eigenvalue weighted by molar-refractivity contribution is 7.17. The van der Waals surface area contributed by atoms with Crippen molar-refractivity contribution in [1.82, 2.24) is 4.98 Å². The number of carbonyl (C=O) groups excluding carboxylic acids is 3. The first-order chi connectivity index (χ1) is 17.7. The van der Waals surface area contributed by atoms with E-state index in [-0.39, 0.29) is 21.3 Å². The number of rotatable bonds is 7. The Labute approximate surface area is 217 Å². The SMILES string of the molecule is CCCOc1ccc(/C(O)=C2/C(=O)C(=O)N(c3nc(C)c(C(=O)OC)s3)C2c2ccc(F)cc2)c(C)c1. The lowest BCUT2D eigenvalue weighted by atomic mass is 9.94. The van der Waals surface area contributed by atoms with Crippen LogP contribution in [0.5, 0.6) is 5.75 Å². The summed E-state index contributed by atoms with van der Waals surface area (Å²) in [5.41, 5.74) is 1.52. The monoisotopic (exact) mass is 524 g/mol. The highest BCUT2D eigenvalue weighted by atomic mass is 32.1. The van der Waals surface area contributed by atoms with Gasteiger partial charge in [0.25, 0.3) is 5.78 Å². The molecule has 192 valence electrons. The number of thiazole rings is 1. The molecular formula is C27H25FN2O6S. The van der Waals surface area contributed by atoms with Crippen LogP contribution in [0.1, 0.15) is 51.4 Å². The third-order valence-corrected chi connectivity index (χ3v) is 7.05. The molecule has 0 saturated carbocycles. The van der Waals surface area contributed by atoms with E-state index >= 15 is 0 Å². The molecule has 1 aromatic heterocycles. The van der Waals surface area contributed by atoms with Crippen molar-refractivity contribution in [2.24, 2.45) is 0 Å². The molecule has 1 fully saturated rings. The number of amides is 1. The van der Waals surface area contributed by atoms with E-state index in [0.717, 1.165) is 22.7 Å². The lowest BCUT2D eigenvalue weighted by molar-refractivity contribution is -0.132. The fourth-order valence-corrected chi connectivity index (χ4v) is 5.13. The Hall–Kier alpha value is -4.05. The zero-order valence-corrected chi connectivity index (χ0v) is 21.5. The van der Waals surface area contributed by atoms with Crippen LogP contribution in [0.25, 0.3) is 5.76 Å². The minimum Gasteiger partial charge on any atom is -0.507 e. The summed E-state index contributed by atoms with van der Waals surface area (Å²) in [7, 11) is 1.23. The van der Waals surface area contributed by atoms with Crippen LogP contribution in [-0.2, 0) is 14.3 Å². The molecule has 1 aliphatic rings. The molecule has 0 spiro atoms. The first-order valence-electron chi connectivity index (χ1n) is 11.5. The van der Waals surface area contributed by atoms with E-state index in [1.165, 1.54) is 31.4 Å². The molecule has 0 bridgehead atoms. The Morgan fingerprint density at radius 2 is 1.86 bits per heavy atom. The van der Waals surface area contributed by atoms with Gasteiger partial charge in [0, 0.05) is 5.56 Å². The van der Waals surface area contributed by atoms with Crippen LogP contribution in [0.15, 0.2) is 48.0 Å². The largest absolute Gasteiger partial charge is 0.507 e. The third-order valence-electron chi connectivity index (χ3n) is 5.92. The number of halogens is 1. The van der Waals surface area contributed by atoms with E-state index in [2.05, 4.69) is 4.98 Å². The van der Waals surface area contributed by atoms with E-state index in [0.29, 0.717) is 34.7 Å². The van der Waals surface area contributed by atoms with Crippen LogP contribution in [0.4, 0.5) is 9.52 Å². The van der Waals surface area contributed by atoms with E-state index in [1.54, 1.807) is 32.0 Å². The average molecular weight is 525 g/mol. The number of anilines is 1. The Morgan fingerprint density at radius 3 is 2.49 bits per heavy atom. The zero-order valence-electron chi connectivity index (χ0n) is 20.7. The molecule has 3 aromatic rings. The minimum absolute atomic E-state index is 0.0772. The molecule has 0 aliphatic carbocycles. The van der Waals surface area contributed by atoms with Gasteiger partial charge in [-0.05, 0) is 61.7 Å². The number of methoxy groups -OCH3 is 1. The van der Waals surface area contributed by atoms with E-state index < -0.39 is 29.5 Å². The predicted octanol–water partition coefficient (Wildman–Crippen LogP) is 5.10. The molecular weight excluding hydrogens is 499 g/mol. The van der Waals surface area contributed by atoms with E-state index in [4.69, 9.17) is 9.47 Å². The summed E-state index contributed by atoms with van der Waals surface area (Å²) in [5.74, 6) is -2.75. The number of aliphatic hydroxyl groups excluding tert-OH is 1. The van der Waals surface area contributed by atoms with Gasteiger partial charge < -0.3 is 14.6 Å². The standard InChI is InChI=1S/C27H25FN2O6S/c1-5-12-36-18-10-11-19(14(2)13-18)22(31)20-21(16-6-8-17(28)9-7-16)30(25(33)23(20)32)27-29-15(3)24(37-27)26(34)35-4/h6-11,13,21,31H,5,12H2,1-4H3/b22-20-. The molecule has 1 saturated heterocycles. The van der Waals surface area contributed by atoms with Gasteiger partial charge in [-0.3, -0.25) is 14.5 Å². The van der Waals surface area contributed by atoms with Crippen molar-refractivity contribution >= 4 is 39.9 Å². The average Bonchev–Trinajstić information content (AvgIpc) is 3.39. The van der Waals surface area contributed by atoms with Gasteiger partial charge in [0.1, 0.15) is 22.2 Å². The molecule has 8 nitrogen and oxygen atoms in total. The van der Waals surface area contributed by atoms with Crippen molar-refractivity contribution in [3.63, 3.8) is 0 Å². The van der Waals surface area contributed by atoms with Crippen LogP contribution >= 0.6 is 11.3 Å². The third kappa shape index (κ3) is 4.84. The highest BCUT2D eigenvalue weighted by Crippen LogP contribution is 2.44. The van der Waals surface area contributed by atoms with Gasteiger partial charge >= 0.3 is 11.9 Å². The maximum Gasteiger partial charge on any atom is 0.350 e. The number of Topliss-reactive ketones (excluding diaryl/α,β-unsaturated/α-hetero) is 1. The van der Waals surface area contributed by atoms with Crippen LogP contribution in [0.3, 0.4) is 0 Å². The number of nitrogens with zero attached hydrogens (tertiary/aromatic N) is 2. The molecule has 1 N–H and O–H groups in total. The molecule has 1 aliphatic heterocycles. The quantitative estimate of drug-likeness (QED) is 0.198. The van der Waals surface area contributed by atoms with Crippen molar-refractivity contribution in [2.75, 3.05) is 18.6 Å². The topological polar surface area (TPSA) is 106 Å². The van der Waals surface area contributed by atoms with Crippen molar-refractivity contribution in [3.8, 4) is 5.75 Å². The number of ether oxygens (including phenoxy) is 2. The van der Waals surface area contributed by atoms with Crippen LogP contribution in [0.2, 0.25) is 0 Å².